The monoisotopic (exact) mass is 566 g/mol. The van der Waals surface area contributed by atoms with E-state index in [1.165, 1.54) is 24.4 Å². The number of nitrogens with zero attached hydrogens (tertiary/aromatic N) is 5. The Kier molecular flexibility index (Phi) is 5.42. The van der Waals surface area contributed by atoms with E-state index >= 15 is 0 Å². The average Bonchev–Trinajstić information content (AvgIpc) is 3.50. The van der Waals surface area contributed by atoms with Crippen LogP contribution in [0.25, 0.3) is 10.9 Å². The molecule has 8 nitrogen and oxygen atoms in total. The Morgan fingerprint density at radius 1 is 1.00 bits per heavy atom. The number of carbonyl (C=O) groups excluding carboxylic acids is 3. The molecule has 1 aromatic heterocycles. The first-order chi connectivity index (χ1) is 17.9. The van der Waals surface area contributed by atoms with Crippen LogP contribution in [-0.4, -0.2) is 87.9 Å². The maximum Gasteiger partial charge on any atom is 0.460 e. The SMILES string of the molecule is N#Cc1ccc(N2C(=O)C3CN4CC(C(=O)C(F)(F)C(F)(F)C(F)(F)C(F)(F)F)[N+]3(C4)C2=O)c2cccnc12. The Morgan fingerprint density at radius 3 is 2.28 bits per heavy atom. The third-order valence-corrected chi connectivity index (χ3v) is 7.33. The van der Waals surface area contributed by atoms with Gasteiger partial charge in [-0.25, -0.2) is 14.2 Å². The highest BCUT2D eigenvalue weighted by Crippen LogP contribution is 2.55. The van der Waals surface area contributed by atoms with Gasteiger partial charge in [0, 0.05) is 11.6 Å². The minimum Gasteiger partial charge on any atom is -0.286 e. The van der Waals surface area contributed by atoms with Gasteiger partial charge in [-0.3, -0.25) is 14.6 Å². The number of alkyl halides is 9. The van der Waals surface area contributed by atoms with Crippen LogP contribution in [-0.2, 0) is 9.59 Å². The number of imide groups is 1. The van der Waals surface area contributed by atoms with Crippen molar-refractivity contribution in [1.82, 2.24) is 9.88 Å². The summed E-state index contributed by atoms with van der Waals surface area (Å²) in [5.41, 5.74) is -0.102. The zero-order chi connectivity index (χ0) is 28.9. The number of pyridine rings is 1. The fourth-order valence-corrected chi connectivity index (χ4v) is 5.44. The Bertz CT molecular complexity index is 1490. The number of rotatable bonds is 5. The van der Waals surface area contributed by atoms with Crippen molar-refractivity contribution in [2.45, 2.75) is 36.0 Å². The van der Waals surface area contributed by atoms with Gasteiger partial charge in [0.1, 0.15) is 12.7 Å². The molecule has 3 saturated heterocycles. The largest absolute Gasteiger partial charge is 0.460 e. The summed E-state index contributed by atoms with van der Waals surface area (Å²) in [6.07, 6.45) is -5.83. The topological polar surface area (TPSA) is 94.4 Å². The molecule has 4 atom stereocenters. The first-order valence-corrected chi connectivity index (χ1v) is 11.0. The number of benzene rings is 1. The molecule has 2 aromatic rings. The molecule has 0 saturated carbocycles. The van der Waals surface area contributed by atoms with E-state index in [9.17, 15) is 59.2 Å². The molecular weight excluding hydrogens is 553 g/mol. The molecule has 3 aliphatic rings. The molecule has 5 rings (SSSR count). The number of hydrogen-bond donors (Lipinski definition) is 0. The zero-order valence-electron chi connectivity index (χ0n) is 19.0. The molecular formula is C22H13F9N5O3+. The number of quaternary nitrogens is 1. The van der Waals surface area contributed by atoms with Crippen LogP contribution in [0.4, 0.5) is 50.0 Å². The van der Waals surface area contributed by atoms with Crippen molar-refractivity contribution in [3.8, 4) is 6.07 Å². The molecule has 1 spiro atoms. The lowest BCUT2D eigenvalue weighted by Gasteiger charge is -2.37. The fraction of sp³-hybridized carbons (Fsp3) is 0.409. The Hall–Kier alpha value is -3.78. The van der Waals surface area contributed by atoms with E-state index in [4.69, 9.17) is 0 Å². The number of anilines is 1. The number of hydrogen-bond acceptors (Lipinski definition) is 6. The highest BCUT2D eigenvalue weighted by atomic mass is 19.4. The van der Waals surface area contributed by atoms with E-state index in [1.807, 2.05) is 6.07 Å². The minimum atomic E-state index is -7.29. The van der Waals surface area contributed by atoms with Crippen LogP contribution in [0.2, 0.25) is 0 Å². The summed E-state index contributed by atoms with van der Waals surface area (Å²) >= 11 is 0. The molecule has 3 aliphatic heterocycles. The molecule has 0 N–H and O–H groups in total. The van der Waals surface area contributed by atoms with Gasteiger partial charge in [-0.15, -0.1) is 0 Å². The summed E-state index contributed by atoms with van der Waals surface area (Å²) in [5.74, 6) is -25.1. The lowest BCUT2D eigenvalue weighted by Crippen LogP contribution is -2.70. The predicted molar refractivity (Wildman–Crippen MR) is 110 cm³/mol. The van der Waals surface area contributed by atoms with Gasteiger partial charge in [0.05, 0.1) is 29.9 Å². The van der Waals surface area contributed by atoms with E-state index in [0.29, 0.717) is 4.90 Å². The number of fused-ring (bicyclic) bond motifs is 2. The van der Waals surface area contributed by atoms with Crippen LogP contribution in [0.5, 0.6) is 0 Å². The molecule has 2 bridgehead atoms. The van der Waals surface area contributed by atoms with Crippen molar-refractivity contribution in [1.29, 1.82) is 5.26 Å². The minimum absolute atomic E-state index is 0.0360. The van der Waals surface area contributed by atoms with Crippen LogP contribution >= 0.6 is 0 Å². The van der Waals surface area contributed by atoms with Crippen LogP contribution < -0.4 is 4.90 Å². The van der Waals surface area contributed by atoms with Gasteiger partial charge in [0.2, 0.25) is 0 Å². The number of halogens is 9. The molecule has 4 unspecified atom stereocenters. The highest BCUT2D eigenvalue weighted by Gasteiger charge is 2.86. The number of piperazine rings is 1. The summed E-state index contributed by atoms with van der Waals surface area (Å²) in [7, 11) is 0. The fourth-order valence-electron chi connectivity index (χ4n) is 5.44. The van der Waals surface area contributed by atoms with E-state index in [0.717, 1.165) is 11.0 Å². The maximum atomic E-state index is 14.6. The van der Waals surface area contributed by atoms with Crippen molar-refractivity contribution >= 4 is 34.3 Å². The zero-order valence-corrected chi connectivity index (χ0v) is 19.0. The van der Waals surface area contributed by atoms with E-state index in [2.05, 4.69) is 4.98 Å². The van der Waals surface area contributed by atoms with Gasteiger partial charge in [-0.1, -0.05) is 0 Å². The maximum absolute atomic E-state index is 14.6. The van der Waals surface area contributed by atoms with Crippen LogP contribution in [0.1, 0.15) is 5.56 Å². The smallest absolute Gasteiger partial charge is 0.286 e. The van der Waals surface area contributed by atoms with Crippen LogP contribution in [0, 0.1) is 11.3 Å². The van der Waals surface area contributed by atoms with E-state index in [1.54, 1.807) is 0 Å². The molecule has 0 radical (unpaired) electrons. The number of amides is 3. The molecule has 0 aliphatic carbocycles. The second kappa shape index (κ2) is 7.88. The third-order valence-electron chi connectivity index (χ3n) is 7.33. The Morgan fingerprint density at radius 2 is 1.67 bits per heavy atom. The summed E-state index contributed by atoms with van der Waals surface area (Å²) in [6, 6.07) is 1.45. The molecule has 3 amide bonds. The van der Waals surface area contributed by atoms with Gasteiger partial charge in [-0.2, -0.15) is 49.7 Å². The van der Waals surface area contributed by atoms with Gasteiger partial charge < -0.3 is 0 Å². The van der Waals surface area contributed by atoms with Gasteiger partial charge >= 0.3 is 30.0 Å². The summed E-state index contributed by atoms with van der Waals surface area (Å²) in [5, 5.41) is 9.40. The molecule has 4 heterocycles. The Labute approximate surface area is 211 Å². The molecule has 17 heteroatoms. The second-order valence-electron chi connectivity index (χ2n) is 9.32. The van der Waals surface area contributed by atoms with Gasteiger partial charge in [0.25, 0.3) is 11.7 Å². The van der Waals surface area contributed by atoms with Crippen LogP contribution in [0.15, 0.2) is 30.5 Å². The highest BCUT2D eigenvalue weighted by molar-refractivity contribution is 6.22. The van der Waals surface area contributed by atoms with Crippen LogP contribution in [0.3, 0.4) is 0 Å². The van der Waals surface area contributed by atoms with Crippen molar-refractivity contribution in [2.75, 3.05) is 24.7 Å². The first kappa shape index (κ1) is 26.8. The summed E-state index contributed by atoms with van der Waals surface area (Å²) in [4.78, 5) is 45.3. The Balaban J connectivity index is 1.59. The average molecular weight is 566 g/mol. The number of urea groups is 1. The quantitative estimate of drug-likeness (QED) is 0.313. The number of Topliss-reactive ketones (excluding diaryl/α,β-unsaturated/α-hetero) is 1. The summed E-state index contributed by atoms with van der Waals surface area (Å²) < 4.78 is 121. The molecule has 1 aromatic carbocycles. The van der Waals surface area contributed by atoms with E-state index < -0.39 is 71.4 Å². The standard InChI is InChI=1S/C22H13F9N5O3/c23-19(24,20(25,26)21(27,28)22(29,30)31)16(37)13-7-34-8-14-17(38)35(18(39)36(13,14)9-34)12-4-3-10(6-32)15-11(12)2-1-5-33-15/h1-5,13-14H,7-9H2/q+1. The van der Waals surface area contributed by atoms with Crippen molar-refractivity contribution in [2.24, 2.45) is 0 Å². The number of nitriles is 1. The molecule has 206 valence electrons. The second-order valence-corrected chi connectivity index (χ2v) is 9.32. The first-order valence-electron chi connectivity index (χ1n) is 11.0. The normalized spacial score (nSPS) is 27.3. The van der Waals surface area contributed by atoms with Crippen molar-refractivity contribution in [3.63, 3.8) is 0 Å². The number of ketones is 1. The van der Waals surface area contributed by atoms with E-state index in [-0.39, 0.29) is 28.7 Å². The third kappa shape index (κ3) is 3.15. The van der Waals surface area contributed by atoms with Gasteiger partial charge in [0.15, 0.2) is 12.1 Å². The number of carbonyl (C=O) groups is 3. The van der Waals surface area contributed by atoms with Crippen molar-refractivity contribution in [3.05, 3.63) is 36.0 Å². The lowest BCUT2D eigenvalue weighted by atomic mass is 9.93. The van der Waals surface area contributed by atoms with Gasteiger partial charge in [-0.05, 0) is 24.3 Å². The molecule has 39 heavy (non-hydrogen) atoms. The molecule has 3 fully saturated rings. The summed E-state index contributed by atoms with van der Waals surface area (Å²) in [6.45, 7) is -1.81. The number of aromatic nitrogens is 1. The predicted octanol–water partition coefficient (Wildman–Crippen LogP) is 3.45. The lowest BCUT2D eigenvalue weighted by molar-refractivity contribution is -0.853. The van der Waals surface area contributed by atoms with Crippen molar-refractivity contribution < 1.29 is 58.4 Å².